The molecule has 32 heavy (non-hydrogen) atoms. The van der Waals surface area contributed by atoms with Crippen LogP contribution in [0, 0.1) is 12.7 Å². The number of rotatable bonds is 4. The molecule has 2 amide bonds. The highest BCUT2D eigenvalue weighted by Crippen LogP contribution is 2.35. The Bertz CT molecular complexity index is 1200. The Morgan fingerprint density at radius 1 is 0.781 bits per heavy atom. The molecule has 5 heteroatoms. The Kier molecular flexibility index (Phi) is 5.43. The van der Waals surface area contributed by atoms with Crippen molar-refractivity contribution >= 4 is 28.8 Å². The summed E-state index contributed by atoms with van der Waals surface area (Å²) in [5.74, 6) is -1.30. The highest BCUT2D eigenvalue weighted by Gasteiger charge is 2.40. The third-order valence-electron chi connectivity index (χ3n) is 5.53. The smallest absolute Gasteiger partial charge is 0.282 e. The van der Waals surface area contributed by atoms with Crippen LogP contribution in [0.2, 0.25) is 0 Å². The number of benzene rings is 3. The number of carbonyl (C=O) groups excluding carboxylic acids is 2. The minimum Gasteiger partial charge on any atom is -0.350 e. The lowest BCUT2D eigenvalue weighted by Crippen LogP contribution is -2.32. The second kappa shape index (κ2) is 8.08. The molecule has 0 atom stereocenters. The molecule has 0 saturated carbocycles. The number of aryl methyl sites for hydroxylation is 1. The Labute approximate surface area is 187 Å². The number of anilines is 2. The molecule has 0 unspecified atom stereocenters. The summed E-state index contributed by atoms with van der Waals surface area (Å²) in [6.07, 6.45) is 0. The number of hydrogen-bond donors (Lipinski definition) is 1. The van der Waals surface area contributed by atoms with E-state index in [9.17, 15) is 14.0 Å². The van der Waals surface area contributed by atoms with Crippen LogP contribution in [0.4, 0.5) is 15.8 Å². The standard InChI is InChI=1S/C27H25FN2O2/c1-17-5-13-21(14-6-17)29-24-23(18-7-11-20(28)12-8-18)25(31)30(26(24)32)22-15-9-19(10-16-22)27(2,3)4/h5-16,29H,1-4H3. The average molecular weight is 429 g/mol. The average Bonchev–Trinajstić information content (AvgIpc) is 2.99. The number of hydrogen-bond acceptors (Lipinski definition) is 3. The second-order valence-electron chi connectivity index (χ2n) is 8.99. The molecule has 3 aromatic rings. The molecular formula is C27H25FN2O2. The van der Waals surface area contributed by atoms with Crippen molar-refractivity contribution in [2.45, 2.75) is 33.1 Å². The molecule has 4 nitrogen and oxygen atoms in total. The lowest BCUT2D eigenvalue weighted by atomic mass is 9.87. The van der Waals surface area contributed by atoms with Crippen LogP contribution in [-0.2, 0) is 15.0 Å². The van der Waals surface area contributed by atoms with Crippen LogP contribution >= 0.6 is 0 Å². The van der Waals surface area contributed by atoms with Crippen LogP contribution < -0.4 is 10.2 Å². The first-order chi connectivity index (χ1) is 15.1. The molecule has 0 fully saturated rings. The van der Waals surface area contributed by atoms with Gasteiger partial charge in [0.25, 0.3) is 11.8 Å². The van der Waals surface area contributed by atoms with Crippen molar-refractivity contribution in [3.8, 4) is 0 Å². The maximum Gasteiger partial charge on any atom is 0.282 e. The summed E-state index contributed by atoms with van der Waals surface area (Å²) in [4.78, 5) is 28.1. The summed E-state index contributed by atoms with van der Waals surface area (Å²) in [6, 6.07) is 20.6. The molecule has 0 aliphatic carbocycles. The van der Waals surface area contributed by atoms with Crippen molar-refractivity contribution < 1.29 is 14.0 Å². The third-order valence-corrected chi connectivity index (χ3v) is 5.53. The van der Waals surface area contributed by atoms with Gasteiger partial charge in [-0.3, -0.25) is 9.59 Å². The molecule has 0 aromatic heterocycles. The van der Waals surface area contributed by atoms with E-state index in [1.807, 2.05) is 43.3 Å². The van der Waals surface area contributed by atoms with Gasteiger partial charge in [-0.2, -0.15) is 0 Å². The SMILES string of the molecule is Cc1ccc(NC2=C(c3ccc(F)cc3)C(=O)N(c3ccc(C(C)(C)C)cc3)C2=O)cc1. The molecule has 3 aromatic carbocycles. The van der Waals surface area contributed by atoms with Gasteiger partial charge in [0.15, 0.2) is 0 Å². The van der Waals surface area contributed by atoms with Crippen LogP contribution in [0.15, 0.2) is 78.5 Å². The van der Waals surface area contributed by atoms with E-state index in [1.165, 1.54) is 29.2 Å². The summed E-state index contributed by atoms with van der Waals surface area (Å²) < 4.78 is 13.5. The zero-order chi connectivity index (χ0) is 23.0. The van der Waals surface area contributed by atoms with Crippen LogP contribution in [-0.4, -0.2) is 11.8 Å². The number of nitrogens with zero attached hydrogens (tertiary/aromatic N) is 1. The molecule has 4 rings (SSSR count). The van der Waals surface area contributed by atoms with E-state index >= 15 is 0 Å². The van der Waals surface area contributed by atoms with Gasteiger partial charge in [-0.1, -0.05) is 62.7 Å². The summed E-state index contributed by atoms with van der Waals surface area (Å²) >= 11 is 0. The number of halogens is 1. The Morgan fingerprint density at radius 2 is 1.38 bits per heavy atom. The number of nitrogens with one attached hydrogen (secondary N) is 1. The lowest BCUT2D eigenvalue weighted by Gasteiger charge is -2.21. The largest absolute Gasteiger partial charge is 0.350 e. The normalized spacial score (nSPS) is 14.3. The van der Waals surface area contributed by atoms with Crippen LogP contribution in [0.1, 0.15) is 37.5 Å². The van der Waals surface area contributed by atoms with Gasteiger partial charge >= 0.3 is 0 Å². The van der Waals surface area contributed by atoms with Crippen LogP contribution in [0.25, 0.3) is 5.57 Å². The predicted octanol–water partition coefficient (Wildman–Crippen LogP) is 5.83. The molecule has 0 spiro atoms. The minimum atomic E-state index is -0.446. The van der Waals surface area contributed by atoms with Crippen molar-refractivity contribution in [1.82, 2.24) is 0 Å². The van der Waals surface area contributed by atoms with E-state index in [1.54, 1.807) is 12.1 Å². The Morgan fingerprint density at radius 3 is 1.94 bits per heavy atom. The van der Waals surface area contributed by atoms with Gasteiger partial charge in [-0.15, -0.1) is 0 Å². The molecular weight excluding hydrogens is 403 g/mol. The predicted molar refractivity (Wildman–Crippen MR) is 126 cm³/mol. The van der Waals surface area contributed by atoms with Gasteiger partial charge in [0.1, 0.15) is 11.5 Å². The van der Waals surface area contributed by atoms with Crippen molar-refractivity contribution in [2.75, 3.05) is 10.2 Å². The van der Waals surface area contributed by atoms with Gasteiger partial charge in [0.05, 0.1) is 11.3 Å². The van der Waals surface area contributed by atoms with Crippen molar-refractivity contribution in [3.05, 3.63) is 101 Å². The number of imide groups is 1. The van der Waals surface area contributed by atoms with E-state index in [0.29, 0.717) is 16.9 Å². The Hall–Kier alpha value is -3.73. The fraction of sp³-hybridized carbons (Fsp3) is 0.185. The van der Waals surface area contributed by atoms with E-state index in [-0.39, 0.29) is 16.7 Å². The lowest BCUT2D eigenvalue weighted by molar-refractivity contribution is -0.120. The van der Waals surface area contributed by atoms with E-state index in [4.69, 9.17) is 0 Å². The first-order valence-corrected chi connectivity index (χ1v) is 10.5. The number of amides is 2. The maximum atomic E-state index is 13.5. The zero-order valence-corrected chi connectivity index (χ0v) is 18.6. The highest BCUT2D eigenvalue weighted by molar-refractivity contribution is 6.46. The minimum absolute atomic E-state index is 0.0484. The first kappa shape index (κ1) is 21.5. The summed E-state index contributed by atoms with van der Waals surface area (Å²) in [6.45, 7) is 8.28. The molecule has 0 saturated heterocycles. The topological polar surface area (TPSA) is 49.4 Å². The molecule has 0 bridgehead atoms. The first-order valence-electron chi connectivity index (χ1n) is 10.5. The number of carbonyl (C=O) groups is 2. The van der Waals surface area contributed by atoms with Crippen molar-refractivity contribution in [1.29, 1.82) is 0 Å². The molecule has 1 heterocycles. The summed E-state index contributed by atoms with van der Waals surface area (Å²) in [7, 11) is 0. The highest BCUT2D eigenvalue weighted by atomic mass is 19.1. The van der Waals surface area contributed by atoms with Gasteiger partial charge in [0, 0.05) is 5.69 Å². The van der Waals surface area contributed by atoms with Crippen LogP contribution in [0.5, 0.6) is 0 Å². The molecule has 1 N–H and O–H groups in total. The van der Waals surface area contributed by atoms with Gasteiger partial charge in [-0.05, 0) is 59.9 Å². The Balaban J connectivity index is 1.77. The third kappa shape index (κ3) is 4.06. The van der Waals surface area contributed by atoms with Gasteiger partial charge < -0.3 is 5.32 Å². The summed E-state index contributed by atoms with van der Waals surface area (Å²) in [5, 5.41) is 3.12. The monoisotopic (exact) mass is 428 g/mol. The van der Waals surface area contributed by atoms with E-state index in [0.717, 1.165) is 11.1 Å². The molecule has 1 aliphatic rings. The molecule has 1 aliphatic heterocycles. The molecule has 0 radical (unpaired) electrons. The van der Waals surface area contributed by atoms with E-state index in [2.05, 4.69) is 26.1 Å². The second-order valence-corrected chi connectivity index (χ2v) is 8.99. The summed E-state index contributed by atoms with van der Waals surface area (Å²) in [5.41, 5.74) is 4.19. The quantitative estimate of drug-likeness (QED) is 0.532. The van der Waals surface area contributed by atoms with Gasteiger partial charge in [-0.25, -0.2) is 9.29 Å². The van der Waals surface area contributed by atoms with Crippen molar-refractivity contribution in [3.63, 3.8) is 0 Å². The van der Waals surface area contributed by atoms with Crippen LogP contribution in [0.3, 0.4) is 0 Å². The molecule has 162 valence electrons. The fourth-order valence-electron chi connectivity index (χ4n) is 3.66. The maximum absolute atomic E-state index is 13.5. The van der Waals surface area contributed by atoms with Gasteiger partial charge in [0.2, 0.25) is 0 Å². The van der Waals surface area contributed by atoms with Crippen molar-refractivity contribution in [2.24, 2.45) is 0 Å². The van der Waals surface area contributed by atoms with E-state index < -0.39 is 17.6 Å². The fourth-order valence-corrected chi connectivity index (χ4v) is 3.66. The zero-order valence-electron chi connectivity index (χ0n) is 18.6.